The number of aromatic amines is 1. The normalized spacial score (nSPS) is 11.2. The Morgan fingerprint density at radius 2 is 1.88 bits per heavy atom. The van der Waals surface area contributed by atoms with Crippen molar-refractivity contribution < 1.29 is 13.6 Å². The highest BCUT2D eigenvalue weighted by Gasteiger charge is 2.25. The first-order valence-electron chi connectivity index (χ1n) is 10.7. The minimum absolute atomic E-state index is 0.0287. The molecule has 0 fully saturated rings. The maximum absolute atomic E-state index is 14.5. The van der Waals surface area contributed by atoms with Crippen LogP contribution in [0.4, 0.5) is 8.78 Å². The van der Waals surface area contributed by atoms with Crippen molar-refractivity contribution in [2.45, 2.75) is 39.7 Å². The largest absolute Gasteiger partial charge is 0.333 e. The minimum Gasteiger partial charge on any atom is -0.333 e. The number of rotatable bonds is 7. The van der Waals surface area contributed by atoms with E-state index in [1.54, 1.807) is 23.6 Å². The van der Waals surface area contributed by atoms with Crippen molar-refractivity contribution in [1.29, 1.82) is 0 Å². The van der Waals surface area contributed by atoms with Crippen LogP contribution < -0.4 is 5.56 Å². The zero-order valence-corrected chi connectivity index (χ0v) is 18.0. The average molecular weight is 434 g/mol. The molecule has 0 aliphatic rings. The van der Waals surface area contributed by atoms with Gasteiger partial charge in [-0.3, -0.25) is 9.59 Å². The quantitative estimate of drug-likeness (QED) is 0.370. The molecule has 0 amide bonds. The van der Waals surface area contributed by atoms with Gasteiger partial charge in [-0.15, -0.1) is 0 Å². The Morgan fingerprint density at radius 1 is 1.06 bits per heavy atom. The number of carbonyl (C=O) groups excluding carboxylic acids is 1. The van der Waals surface area contributed by atoms with Crippen LogP contribution in [0.2, 0.25) is 0 Å². The zero-order valence-electron chi connectivity index (χ0n) is 18.0. The van der Waals surface area contributed by atoms with Gasteiger partial charge in [0.05, 0.1) is 12.2 Å². The van der Waals surface area contributed by atoms with Crippen molar-refractivity contribution in [3.05, 3.63) is 93.5 Å². The number of carbonyl (C=O) groups is 1. The van der Waals surface area contributed by atoms with Gasteiger partial charge in [-0.05, 0) is 54.4 Å². The van der Waals surface area contributed by atoms with Gasteiger partial charge in [-0.25, -0.2) is 8.78 Å². The maximum atomic E-state index is 14.5. The molecule has 0 unspecified atom stereocenters. The molecule has 0 saturated carbocycles. The average Bonchev–Trinajstić information content (AvgIpc) is 3.09. The Balaban J connectivity index is 2.08. The van der Waals surface area contributed by atoms with Crippen LogP contribution in [0, 0.1) is 11.6 Å². The molecular formula is C26H24F2N2O2. The molecule has 4 aromatic rings. The first-order chi connectivity index (χ1) is 15.4. The summed E-state index contributed by atoms with van der Waals surface area (Å²) in [6.45, 7) is 3.80. The molecule has 0 bridgehead atoms. The van der Waals surface area contributed by atoms with Gasteiger partial charge in [-0.2, -0.15) is 0 Å². The lowest BCUT2D eigenvalue weighted by Gasteiger charge is -2.12. The molecule has 0 radical (unpaired) electrons. The zero-order chi connectivity index (χ0) is 22.8. The molecule has 2 aromatic heterocycles. The van der Waals surface area contributed by atoms with Gasteiger partial charge >= 0.3 is 0 Å². The molecular weight excluding hydrogens is 410 g/mol. The van der Waals surface area contributed by atoms with Crippen LogP contribution >= 0.6 is 0 Å². The molecule has 4 nitrogen and oxygen atoms in total. The van der Waals surface area contributed by atoms with Gasteiger partial charge < -0.3 is 9.55 Å². The summed E-state index contributed by atoms with van der Waals surface area (Å²) in [6.07, 6.45) is 3.54. The fourth-order valence-electron chi connectivity index (χ4n) is 4.19. The number of halogens is 2. The highest BCUT2D eigenvalue weighted by molar-refractivity contribution is 6.11. The second-order valence-electron chi connectivity index (χ2n) is 7.84. The Morgan fingerprint density at radius 3 is 2.59 bits per heavy atom. The summed E-state index contributed by atoms with van der Waals surface area (Å²) in [4.78, 5) is 28.6. The highest BCUT2D eigenvalue weighted by atomic mass is 19.1. The van der Waals surface area contributed by atoms with E-state index in [9.17, 15) is 18.4 Å². The fraction of sp³-hybridized carbons (Fsp3) is 0.231. The SMILES string of the molecule is CCCc1ccc2c(c1)c(-c1ccc[nH]c1=O)c(C(=O)CC)n2Cc1cc(F)ccc1F. The molecule has 0 atom stereocenters. The molecule has 2 heterocycles. The molecule has 0 spiro atoms. The van der Waals surface area contributed by atoms with Crippen LogP contribution in [0.1, 0.15) is 48.3 Å². The molecule has 4 rings (SSSR count). The third-order valence-corrected chi connectivity index (χ3v) is 5.68. The summed E-state index contributed by atoms with van der Waals surface area (Å²) in [7, 11) is 0. The van der Waals surface area contributed by atoms with E-state index in [1.165, 1.54) is 6.20 Å². The number of Topliss-reactive ketones (excluding diaryl/α,β-unsaturated/α-hetero) is 1. The van der Waals surface area contributed by atoms with Gasteiger partial charge in [0.2, 0.25) is 0 Å². The van der Waals surface area contributed by atoms with Gasteiger partial charge in [0.25, 0.3) is 5.56 Å². The van der Waals surface area contributed by atoms with E-state index >= 15 is 0 Å². The van der Waals surface area contributed by atoms with Crippen molar-refractivity contribution in [1.82, 2.24) is 9.55 Å². The third kappa shape index (κ3) is 3.88. The highest BCUT2D eigenvalue weighted by Crippen LogP contribution is 2.36. The van der Waals surface area contributed by atoms with Crippen LogP contribution in [0.15, 0.2) is 59.5 Å². The number of aryl methyl sites for hydroxylation is 1. The minimum atomic E-state index is -0.551. The molecule has 164 valence electrons. The summed E-state index contributed by atoms with van der Waals surface area (Å²) in [5.41, 5.74) is 2.84. The first kappa shape index (κ1) is 21.7. The topological polar surface area (TPSA) is 54.9 Å². The number of nitrogens with one attached hydrogen (secondary N) is 1. The van der Waals surface area contributed by atoms with Crippen molar-refractivity contribution in [3.8, 4) is 11.1 Å². The Labute approximate surface area is 184 Å². The second kappa shape index (κ2) is 8.91. The number of aromatic nitrogens is 2. The van der Waals surface area contributed by atoms with Crippen LogP contribution in [0.25, 0.3) is 22.0 Å². The second-order valence-corrected chi connectivity index (χ2v) is 7.84. The molecule has 6 heteroatoms. The van der Waals surface area contributed by atoms with Crippen LogP contribution in [0.3, 0.4) is 0 Å². The van der Waals surface area contributed by atoms with E-state index < -0.39 is 11.6 Å². The number of pyridine rings is 1. The summed E-state index contributed by atoms with van der Waals surface area (Å²) < 4.78 is 30.1. The van der Waals surface area contributed by atoms with Crippen LogP contribution in [-0.4, -0.2) is 15.3 Å². The smallest absolute Gasteiger partial charge is 0.255 e. The molecule has 0 aliphatic carbocycles. The number of nitrogens with zero attached hydrogens (tertiary/aromatic N) is 1. The Bertz CT molecular complexity index is 1370. The maximum Gasteiger partial charge on any atom is 0.255 e. The molecule has 1 N–H and O–H groups in total. The van der Waals surface area contributed by atoms with E-state index in [2.05, 4.69) is 11.9 Å². The number of H-pyrrole nitrogens is 1. The van der Waals surface area contributed by atoms with E-state index in [-0.39, 0.29) is 29.9 Å². The summed E-state index contributed by atoms with van der Waals surface area (Å²) >= 11 is 0. The molecule has 0 aliphatic heterocycles. The number of ketones is 1. The number of hydrogen-bond acceptors (Lipinski definition) is 2. The van der Waals surface area contributed by atoms with Gasteiger partial charge in [0.15, 0.2) is 5.78 Å². The van der Waals surface area contributed by atoms with Crippen LogP contribution in [-0.2, 0) is 13.0 Å². The van der Waals surface area contributed by atoms with Crippen molar-refractivity contribution in [2.24, 2.45) is 0 Å². The lowest BCUT2D eigenvalue weighted by molar-refractivity contribution is 0.0980. The van der Waals surface area contributed by atoms with Crippen molar-refractivity contribution >= 4 is 16.7 Å². The summed E-state index contributed by atoms with van der Waals surface area (Å²) in [5.74, 6) is -1.27. The van der Waals surface area contributed by atoms with Crippen molar-refractivity contribution in [2.75, 3.05) is 0 Å². The standard InChI is InChI=1S/C26H24F2N2O2/c1-3-6-16-8-11-22-20(13-16)24(19-7-5-12-29-26(19)32)25(23(31)4-2)30(22)15-17-14-18(27)9-10-21(17)28/h5,7-14H,3-4,6,15H2,1-2H3,(H,29,32). The molecule has 2 aromatic carbocycles. The third-order valence-electron chi connectivity index (χ3n) is 5.68. The number of fused-ring (bicyclic) bond motifs is 1. The van der Waals surface area contributed by atoms with Gasteiger partial charge in [0, 0.05) is 40.2 Å². The van der Waals surface area contributed by atoms with Gasteiger partial charge in [-0.1, -0.05) is 26.3 Å². The summed E-state index contributed by atoms with van der Waals surface area (Å²) in [6, 6.07) is 12.5. The summed E-state index contributed by atoms with van der Waals surface area (Å²) in [5, 5.41) is 0.751. The first-order valence-corrected chi connectivity index (χ1v) is 10.7. The van der Waals surface area contributed by atoms with E-state index in [0.717, 1.165) is 42.0 Å². The Hall–Kier alpha value is -3.54. The monoisotopic (exact) mass is 434 g/mol. The predicted molar refractivity (Wildman–Crippen MR) is 122 cm³/mol. The van der Waals surface area contributed by atoms with Crippen molar-refractivity contribution in [3.63, 3.8) is 0 Å². The van der Waals surface area contributed by atoms with Crippen LogP contribution in [0.5, 0.6) is 0 Å². The number of hydrogen-bond donors (Lipinski definition) is 1. The molecule has 32 heavy (non-hydrogen) atoms. The molecule has 0 saturated heterocycles. The Kier molecular flexibility index (Phi) is 6.04. The van der Waals surface area contributed by atoms with E-state index in [0.29, 0.717) is 22.3 Å². The number of benzene rings is 2. The lowest BCUT2D eigenvalue weighted by Crippen LogP contribution is -2.14. The van der Waals surface area contributed by atoms with Gasteiger partial charge in [0.1, 0.15) is 11.6 Å². The fourth-order valence-corrected chi connectivity index (χ4v) is 4.19. The lowest BCUT2D eigenvalue weighted by atomic mass is 9.98. The van der Waals surface area contributed by atoms with E-state index in [1.807, 2.05) is 18.2 Å². The van der Waals surface area contributed by atoms with E-state index in [4.69, 9.17) is 0 Å². The predicted octanol–water partition coefficient (Wildman–Crippen LogP) is 5.87.